The molecule has 2 aliphatic carbocycles. The van der Waals surface area contributed by atoms with Crippen molar-refractivity contribution in [3.05, 3.63) is 34.9 Å². The van der Waals surface area contributed by atoms with E-state index in [1.807, 2.05) is 6.07 Å². The van der Waals surface area contributed by atoms with Crippen molar-refractivity contribution in [3.63, 3.8) is 0 Å². The van der Waals surface area contributed by atoms with Crippen molar-refractivity contribution in [2.75, 3.05) is 34.9 Å². The van der Waals surface area contributed by atoms with Crippen LogP contribution in [-0.2, 0) is 21.4 Å². The van der Waals surface area contributed by atoms with Gasteiger partial charge in [-0.3, -0.25) is 4.79 Å². The lowest BCUT2D eigenvalue weighted by Crippen LogP contribution is -2.72. The summed E-state index contributed by atoms with van der Waals surface area (Å²) in [4.78, 5) is 14.5. The van der Waals surface area contributed by atoms with Gasteiger partial charge in [0.2, 0.25) is 5.91 Å². The molecule has 0 saturated carbocycles. The van der Waals surface area contributed by atoms with Crippen LogP contribution in [0.4, 0.5) is 0 Å². The van der Waals surface area contributed by atoms with E-state index in [0.717, 1.165) is 37.1 Å². The zero-order chi connectivity index (χ0) is 19.4. The fourth-order valence-corrected chi connectivity index (χ4v) is 5.83. The first kappa shape index (κ1) is 18.3. The minimum Gasteiger partial charge on any atom is -0.493 e. The standard InChI is InChI=1S/C21H28N2O4/c1-23-10-9-20-12-14(19(22)24)7-8-21(20,27-4)16(23)11-13-5-6-15(25-2)18(26-3)17(13)20/h5-6,12,16H,7-11H2,1-4H3,(H2,22,24)/t16-,20+,21+/m0/s1. The molecule has 146 valence electrons. The normalized spacial score (nSPS) is 32.1. The molecule has 3 atom stereocenters. The van der Waals surface area contributed by atoms with E-state index in [1.54, 1.807) is 21.3 Å². The van der Waals surface area contributed by atoms with Crippen molar-refractivity contribution in [2.45, 2.75) is 42.7 Å². The number of ether oxygens (including phenoxy) is 3. The Morgan fingerprint density at radius 2 is 2.00 bits per heavy atom. The van der Waals surface area contributed by atoms with Gasteiger partial charge >= 0.3 is 0 Å². The number of methoxy groups -OCH3 is 3. The van der Waals surface area contributed by atoms with Gasteiger partial charge in [0.05, 0.1) is 19.8 Å². The number of rotatable bonds is 4. The first-order valence-corrected chi connectivity index (χ1v) is 9.45. The molecule has 4 rings (SSSR count). The Balaban J connectivity index is 2.08. The van der Waals surface area contributed by atoms with Gasteiger partial charge in [-0.15, -0.1) is 0 Å². The number of hydrogen-bond acceptors (Lipinski definition) is 5. The lowest BCUT2D eigenvalue weighted by Gasteiger charge is -2.63. The average molecular weight is 372 g/mol. The summed E-state index contributed by atoms with van der Waals surface area (Å²) in [5.41, 5.74) is 7.81. The fourth-order valence-electron chi connectivity index (χ4n) is 5.83. The molecule has 0 aromatic heterocycles. The van der Waals surface area contributed by atoms with Gasteiger partial charge in [0, 0.05) is 29.7 Å². The van der Waals surface area contributed by atoms with Crippen molar-refractivity contribution in [3.8, 4) is 11.5 Å². The van der Waals surface area contributed by atoms with Crippen LogP contribution < -0.4 is 15.2 Å². The number of primary amides is 1. The maximum atomic E-state index is 12.1. The van der Waals surface area contributed by atoms with Gasteiger partial charge in [0.25, 0.3) is 0 Å². The van der Waals surface area contributed by atoms with Crippen LogP contribution in [0.5, 0.6) is 11.5 Å². The number of carbonyl (C=O) groups excluding carboxylic acids is 1. The summed E-state index contributed by atoms with van der Waals surface area (Å²) in [6.45, 7) is 0.915. The van der Waals surface area contributed by atoms with E-state index in [4.69, 9.17) is 19.9 Å². The van der Waals surface area contributed by atoms with Crippen LogP contribution in [0.2, 0.25) is 0 Å². The third-order valence-electron chi connectivity index (χ3n) is 7.04. The number of piperidine rings is 1. The number of hydrogen-bond donors (Lipinski definition) is 1. The number of fused-ring (bicyclic) bond motifs is 1. The molecule has 2 N–H and O–H groups in total. The summed E-state index contributed by atoms with van der Waals surface area (Å²) in [5.74, 6) is 1.09. The van der Waals surface area contributed by atoms with Crippen LogP contribution in [0, 0.1) is 0 Å². The number of nitrogens with two attached hydrogens (primary N) is 1. The van der Waals surface area contributed by atoms with Crippen LogP contribution in [0.15, 0.2) is 23.8 Å². The van der Waals surface area contributed by atoms with Gasteiger partial charge in [0.15, 0.2) is 11.5 Å². The van der Waals surface area contributed by atoms with Gasteiger partial charge in [-0.2, -0.15) is 0 Å². The summed E-state index contributed by atoms with van der Waals surface area (Å²) in [6.07, 6.45) is 5.19. The number of likely N-dealkylation sites (N-methyl/N-ethyl adjacent to an activating group) is 1. The number of amides is 1. The Bertz CT molecular complexity index is 821. The first-order chi connectivity index (χ1) is 12.9. The summed E-state index contributed by atoms with van der Waals surface area (Å²) < 4.78 is 17.8. The lowest BCUT2D eigenvalue weighted by atomic mass is 9.50. The number of carbonyl (C=O) groups is 1. The zero-order valence-electron chi connectivity index (χ0n) is 16.5. The Hall–Kier alpha value is -2.05. The predicted molar refractivity (Wildman–Crippen MR) is 102 cm³/mol. The van der Waals surface area contributed by atoms with Crippen LogP contribution in [-0.4, -0.2) is 57.4 Å². The highest BCUT2D eigenvalue weighted by atomic mass is 16.5. The van der Waals surface area contributed by atoms with E-state index >= 15 is 0 Å². The molecular formula is C21H28N2O4. The number of likely N-dealkylation sites (tertiary alicyclic amines) is 1. The quantitative estimate of drug-likeness (QED) is 0.872. The molecule has 27 heavy (non-hydrogen) atoms. The second kappa shape index (κ2) is 6.24. The van der Waals surface area contributed by atoms with Crippen molar-refractivity contribution in [2.24, 2.45) is 5.73 Å². The van der Waals surface area contributed by atoms with Crippen LogP contribution >= 0.6 is 0 Å². The van der Waals surface area contributed by atoms with Gasteiger partial charge in [-0.1, -0.05) is 12.1 Å². The summed E-state index contributed by atoms with van der Waals surface area (Å²) >= 11 is 0. The summed E-state index contributed by atoms with van der Waals surface area (Å²) in [7, 11) is 7.28. The summed E-state index contributed by atoms with van der Waals surface area (Å²) in [5, 5.41) is 0. The molecule has 1 aliphatic heterocycles. The molecule has 1 amide bonds. The number of benzene rings is 1. The Labute approximate surface area is 160 Å². The topological polar surface area (TPSA) is 74.0 Å². The van der Waals surface area contributed by atoms with Crippen molar-refractivity contribution in [1.82, 2.24) is 4.90 Å². The van der Waals surface area contributed by atoms with Gasteiger partial charge in [-0.05, 0) is 50.9 Å². The van der Waals surface area contributed by atoms with Crippen LogP contribution in [0.3, 0.4) is 0 Å². The Kier molecular flexibility index (Phi) is 4.24. The van der Waals surface area contributed by atoms with Gasteiger partial charge < -0.3 is 24.8 Å². The monoisotopic (exact) mass is 372 g/mol. The molecule has 1 saturated heterocycles. The van der Waals surface area contributed by atoms with E-state index in [-0.39, 0.29) is 11.9 Å². The van der Waals surface area contributed by atoms with E-state index in [0.29, 0.717) is 17.7 Å². The maximum absolute atomic E-state index is 12.1. The molecule has 0 spiro atoms. The Morgan fingerprint density at radius 1 is 1.22 bits per heavy atom. The molecule has 2 bridgehead atoms. The average Bonchev–Trinajstić information content (AvgIpc) is 2.68. The minimum atomic E-state index is -0.463. The molecule has 0 unspecified atom stereocenters. The predicted octanol–water partition coefficient (Wildman–Crippen LogP) is 1.79. The largest absolute Gasteiger partial charge is 0.493 e. The van der Waals surface area contributed by atoms with Crippen molar-refractivity contribution >= 4 is 5.91 Å². The fraction of sp³-hybridized carbons (Fsp3) is 0.571. The molecular weight excluding hydrogens is 344 g/mol. The van der Waals surface area contributed by atoms with E-state index < -0.39 is 11.0 Å². The lowest BCUT2D eigenvalue weighted by molar-refractivity contribution is -0.156. The van der Waals surface area contributed by atoms with E-state index in [2.05, 4.69) is 24.1 Å². The van der Waals surface area contributed by atoms with Gasteiger partial charge in [-0.25, -0.2) is 0 Å². The smallest absolute Gasteiger partial charge is 0.244 e. The summed E-state index contributed by atoms with van der Waals surface area (Å²) in [6, 6.07) is 4.31. The highest BCUT2D eigenvalue weighted by molar-refractivity contribution is 5.92. The van der Waals surface area contributed by atoms with Crippen molar-refractivity contribution in [1.29, 1.82) is 0 Å². The third-order valence-corrected chi connectivity index (χ3v) is 7.04. The molecule has 6 heteroatoms. The second-order valence-electron chi connectivity index (χ2n) is 7.88. The van der Waals surface area contributed by atoms with Crippen molar-refractivity contribution < 1.29 is 19.0 Å². The molecule has 3 aliphatic rings. The second-order valence-corrected chi connectivity index (χ2v) is 7.88. The highest BCUT2D eigenvalue weighted by Crippen LogP contribution is 2.61. The van der Waals surface area contributed by atoms with Crippen LogP contribution in [0.25, 0.3) is 0 Å². The third kappa shape index (κ3) is 2.23. The molecule has 1 aromatic rings. The van der Waals surface area contributed by atoms with Crippen LogP contribution in [0.1, 0.15) is 30.4 Å². The van der Waals surface area contributed by atoms with E-state index in [9.17, 15) is 4.79 Å². The van der Waals surface area contributed by atoms with Gasteiger partial charge in [0.1, 0.15) is 0 Å². The molecule has 1 fully saturated rings. The Morgan fingerprint density at radius 3 is 2.63 bits per heavy atom. The van der Waals surface area contributed by atoms with E-state index in [1.165, 1.54) is 5.56 Å². The number of nitrogens with zero attached hydrogens (tertiary/aromatic N) is 1. The molecule has 1 aromatic carbocycles. The molecule has 0 radical (unpaired) electrons. The first-order valence-electron chi connectivity index (χ1n) is 9.45. The maximum Gasteiger partial charge on any atom is 0.244 e. The minimum absolute atomic E-state index is 0.229. The highest BCUT2D eigenvalue weighted by Gasteiger charge is 2.65. The molecule has 1 heterocycles. The molecule has 6 nitrogen and oxygen atoms in total. The SMILES string of the molecule is COc1ccc2c(c1OC)[C@@]13C=C(C(N)=O)CC[C@@]1(OC)[C@H](C2)N(C)CC3. The zero-order valence-corrected chi connectivity index (χ0v) is 16.5.